The van der Waals surface area contributed by atoms with Crippen LogP contribution in [-0.4, -0.2) is 37.0 Å². The van der Waals surface area contributed by atoms with Crippen LogP contribution in [0.1, 0.15) is 25.7 Å². The molecule has 112 valence electrons. The molecule has 1 aliphatic rings. The van der Waals surface area contributed by atoms with Gasteiger partial charge in [-0.15, -0.1) is 0 Å². The topological polar surface area (TPSA) is 83.6 Å². The first-order valence-corrected chi connectivity index (χ1v) is 8.88. The highest BCUT2D eigenvalue weighted by atomic mass is 79.9. The van der Waals surface area contributed by atoms with Crippen molar-refractivity contribution in [1.29, 1.82) is 0 Å². The molecule has 2 rings (SSSR count). The molecule has 3 N–H and O–H groups in total. The van der Waals surface area contributed by atoms with Gasteiger partial charge < -0.3 is 10.8 Å². The van der Waals surface area contributed by atoms with Crippen LogP contribution in [0.2, 0.25) is 0 Å². The Hall–Kier alpha value is -0.630. The number of benzene rings is 1. The monoisotopic (exact) mass is 362 g/mol. The zero-order chi connectivity index (χ0) is 14.8. The van der Waals surface area contributed by atoms with E-state index in [0.717, 1.165) is 12.8 Å². The van der Waals surface area contributed by atoms with Crippen molar-refractivity contribution < 1.29 is 13.5 Å². The van der Waals surface area contributed by atoms with E-state index in [4.69, 9.17) is 10.8 Å². The molecule has 0 saturated carbocycles. The summed E-state index contributed by atoms with van der Waals surface area (Å²) in [6.45, 7) is 0.605. The molecule has 1 fully saturated rings. The van der Waals surface area contributed by atoms with Crippen molar-refractivity contribution >= 4 is 31.6 Å². The van der Waals surface area contributed by atoms with E-state index in [1.807, 2.05) is 0 Å². The molecule has 0 spiro atoms. The third-order valence-electron chi connectivity index (χ3n) is 3.58. The quantitative estimate of drug-likeness (QED) is 0.784. The number of nitrogen functional groups attached to an aromatic ring is 1. The molecule has 1 heterocycles. The number of halogens is 1. The number of hydrogen-bond acceptors (Lipinski definition) is 4. The average molecular weight is 363 g/mol. The van der Waals surface area contributed by atoms with Crippen molar-refractivity contribution in [2.75, 3.05) is 18.9 Å². The predicted octanol–water partition coefficient (Wildman–Crippen LogP) is 1.96. The van der Waals surface area contributed by atoms with Gasteiger partial charge in [0.05, 0.1) is 5.69 Å². The molecule has 7 heteroatoms. The lowest BCUT2D eigenvalue weighted by Crippen LogP contribution is -2.36. The molecule has 1 aromatic rings. The molecule has 20 heavy (non-hydrogen) atoms. The standard InChI is InChI=1S/C13H19BrN2O3S/c14-10-5-6-12(15)13(9-10)20(18,19)16-7-1-3-11(16)4-2-8-17/h5-6,9,11,17H,1-4,7-8,15H2. The Kier molecular flexibility index (Phi) is 5.06. The number of aliphatic hydroxyl groups excluding tert-OH is 1. The van der Waals surface area contributed by atoms with Crippen molar-refractivity contribution in [2.45, 2.75) is 36.6 Å². The van der Waals surface area contributed by atoms with Gasteiger partial charge in [-0.05, 0) is 43.9 Å². The van der Waals surface area contributed by atoms with Crippen molar-refractivity contribution in [1.82, 2.24) is 4.31 Å². The van der Waals surface area contributed by atoms with E-state index in [2.05, 4.69) is 15.9 Å². The van der Waals surface area contributed by atoms with Crippen LogP contribution in [0, 0.1) is 0 Å². The van der Waals surface area contributed by atoms with E-state index >= 15 is 0 Å². The van der Waals surface area contributed by atoms with Gasteiger partial charge in [0, 0.05) is 23.7 Å². The van der Waals surface area contributed by atoms with Crippen LogP contribution in [0.5, 0.6) is 0 Å². The largest absolute Gasteiger partial charge is 0.398 e. The highest BCUT2D eigenvalue weighted by Crippen LogP contribution is 2.32. The number of rotatable bonds is 5. The molecule has 0 amide bonds. The van der Waals surface area contributed by atoms with E-state index in [9.17, 15) is 8.42 Å². The van der Waals surface area contributed by atoms with Crippen LogP contribution in [-0.2, 0) is 10.0 Å². The summed E-state index contributed by atoms with van der Waals surface area (Å²) in [4.78, 5) is 0.155. The fraction of sp³-hybridized carbons (Fsp3) is 0.538. The first-order valence-electron chi connectivity index (χ1n) is 6.64. The van der Waals surface area contributed by atoms with Gasteiger partial charge >= 0.3 is 0 Å². The minimum absolute atomic E-state index is 0.0365. The number of nitrogens with two attached hydrogens (primary N) is 1. The molecule has 1 aromatic carbocycles. The minimum Gasteiger partial charge on any atom is -0.398 e. The summed E-state index contributed by atoms with van der Waals surface area (Å²) < 4.78 is 27.7. The third-order valence-corrected chi connectivity index (χ3v) is 6.08. The highest BCUT2D eigenvalue weighted by molar-refractivity contribution is 9.10. The molecule has 1 saturated heterocycles. The number of aliphatic hydroxyl groups is 1. The van der Waals surface area contributed by atoms with Gasteiger partial charge in [0.1, 0.15) is 4.90 Å². The molecular formula is C13H19BrN2O3S. The Morgan fingerprint density at radius 2 is 2.20 bits per heavy atom. The lowest BCUT2D eigenvalue weighted by Gasteiger charge is -2.24. The summed E-state index contributed by atoms with van der Waals surface area (Å²) >= 11 is 3.28. The molecule has 1 unspecified atom stereocenters. The van der Waals surface area contributed by atoms with Crippen LogP contribution in [0.4, 0.5) is 5.69 Å². The number of hydrogen-bond donors (Lipinski definition) is 2. The van der Waals surface area contributed by atoms with Gasteiger partial charge in [-0.1, -0.05) is 15.9 Å². The molecule has 1 aliphatic heterocycles. The summed E-state index contributed by atoms with van der Waals surface area (Å²) in [6.07, 6.45) is 2.99. The van der Waals surface area contributed by atoms with Gasteiger partial charge in [0.15, 0.2) is 0 Å². The lowest BCUT2D eigenvalue weighted by atomic mass is 10.1. The van der Waals surface area contributed by atoms with E-state index in [1.165, 1.54) is 4.31 Å². The molecule has 0 bridgehead atoms. The van der Waals surface area contributed by atoms with E-state index in [0.29, 0.717) is 23.9 Å². The number of anilines is 1. The minimum atomic E-state index is -3.57. The smallest absolute Gasteiger partial charge is 0.245 e. The fourth-order valence-electron chi connectivity index (χ4n) is 2.60. The highest BCUT2D eigenvalue weighted by Gasteiger charge is 2.35. The Bertz CT molecular complexity index is 577. The van der Waals surface area contributed by atoms with Gasteiger partial charge in [-0.2, -0.15) is 4.31 Å². The second-order valence-corrected chi connectivity index (χ2v) is 7.73. The average Bonchev–Trinajstić information content (AvgIpc) is 2.88. The van der Waals surface area contributed by atoms with E-state index in [-0.39, 0.29) is 23.2 Å². The fourth-order valence-corrected chi connectivity index (χ4v) is 4.98. The number of nitrogens with zero attached hydrogens (tertiary/aromatic N) is 1. The summed E-state index contributed by atoms with van der Waals surface area (Å²) in [5, 5.41) is 8.92. The second-order valence-electron chi connectivity index (χ2n) is 4.96. The van der Waals surface area contributed by atoms with Crippen LogP contribution in [0.15, 0.2) is 27.6 Å². The maximum absolute atomic E-state index is 12.7. The first kappa shape index (κ1) is 15.8. The van der Waals surface area contributed by atoms with Gasteiger partial charge in [0.2, 0.25) is 10.0 Å². The van der Waals surface area contributed by atoms with Crippen LogP contribution in [0.25, 0.3) is 0 Å². The SMILES string of the molecule is Nc1ccc(Br)cc1S(=O)(=O)N1CCCC1CCCO. The van der Waals surface area contributed by atoms with Crippen molar-refractivity contribution in [2.24, 2.45) is 0 Å². The normalized spacial score (nSPS) is 20.4. The lowest BCUT2D eigenvalue weighted by molar-refractivity contribution is 0.264. The van der Waals surface area contributed by atoms with Gasteiger partial charge in [-0.3, -0.25) is 0 Å². The van der Waals surface area contributed by atoms with Crippen molar-refractivity contribution in [3.63, 3.8) is 0 Å². The Morgan fingerprint density at radius 3 is 2.90 bits per heavy atom. The summed E-state index contributed by atoms with van der Waals surface area (Å²) in [6, 6.07) is 4.83. The number of sulfonamides is 1. The molecular weight excluding hydrogens is 344 g/mol. The first-order chi connectivity index (χ1) is 9.46. The molecule has 0 radical (unpaired) electrons. The molecule has 0 aliphatic carbocycles. The second kappa shape index (κ2) is 6.43. The predicted molar refractivity (Wildman–Crippen MR) is 81.8 cm³/mol. The zero-order valence-electron chi connectivity index (χ0n) is 11.1. The molecule has 5 nitrogen and oxygen atoms in total. The van der Waals surface area contributed by atoms with Crippen molar-refractivity contribution in [3.05, 3.63) is 22.7 Å². The van der Waals surface area contributed by atoms with Gasteiger partial charge in [0.25, 0.3) is 0 Å². The van der Waals surface area contributed by atoms with Crippen LogP contribution < -0.4 is 5.73 Å². The van der Waals surface area contributed by atoms with Gasteiger partial charge in [-0.25, -0.2) is 8.42 Å². The molecule has 1 atom stereocenters. The summed E-state index contributed by atoms with van der Waals surface area (Å²) in [5.41, 5.74) is 6.09. The Morgan fingerprint density at radius 1 is 1.45 bits per heavy atom. The van der Waals surface area contributed by atoms with E-state index < -0.39 is 10.0 Å². The third kappa shape index (κ3) is 3.16. The maximum Gasteiger partial charge on any atom is 0.245 e. The summed E-state index contributed by atoms with van der Waals surface area (Å²) in [7, 11) is -3.57. The maximum atomic E-state index is 12.7. The zero-order valence-corrected chi connectivity index (χ0v) is 13.5. The summed E-state index contributed by atoms with van der Waals surface area (Å²) in [5.74, 6) is 0. The van der Waals surface area contributed by atoms with E-state index in [1.54, 1.807) is 18.2 Å². The van der Waals surface area contributed by atoms with Crippen LogP contribution >= 0.6 is 15.9 Å². The Balaban J connectivity index is 2.31. The molecule has 0 aromatic heterocycles. The van der Waals surface area contributed by atoms with Crippen LogP contribution in [0.3, 0.4) is 0 Å². The Labute approximate surface area is 128 Å². The van der Waals surface area contributed by atoms with Crippen molar-refractivity contribution in [3.8, 4) is 0 Å².